The van der Waals surface area contributed by atoms with E-state index < -0.39 is 0 Å². The number of hydrogen-bond acceptors (Lipinski definition) is 2. The molecular formula is C13H13ClINO. The lowest BCUT2D eigenvalue weighted by Crippen LogP contribution is -2.10. The van der Waals surface area contributed by atoms with E-state index >= 15 is 0 Å². The Morgan fingerprint density at radius 2 is 1.94 bits per heavy atom. The Morgan fingerprint density at radius 1 is 1.24 bits per heavy atom. The summed E-state index contributed by atoms with van der Waals surface area (Å²) in [5.41, 5.74) is 1.88. The molecule has 0 unspecified atom stereocenters. The zero-order valence-corrected chi connectivity index (χ0v) is 12.2. The number of furan rings is 1. The highest BCUT2D eigenvalue weighted by Crippen LogP contribution is 2.14. The minimum absolute atomic E-state index is 0. The fourth-order valence-electron chi connectivity index (χ4n) is 1.36. The van der Waals surface area contributed by atoms with Crippen molar-refractivity contribution in [3.05, 3.63) is 65.6 Å². The van der Waals surface area contributed by atoms with E-state index in [1.54, 1.807) is 6.26 Å². The van der Waals surface area contributed by atoms with Gasteiger partial charge in [0.25, 0.3) is 0 Å². The van der Waals surface area contributed by atoms with Gasteiger partial charge in [0, 0.05) is 10.7 Å². The zero-order valence-electron chi connectivity index (χ0n) is 9.15. The van der Waals surface area contributed by atoms with Crippen LogP contribution < -0.4 is 5.32 Å². The van der Waals surface area contributed by atoms with Gasteiger partial charge >= 0.3 is 0 Å². The van der Waals surface area contributed by atoms with E-state index in [1.807, 2.05) is 36.4 Å². The summed E-state index contributed by atoms with van der Waals surface area (Å²) in [5.74, 6) is 0.884. The van der Waals surface area contributed by atoms with Crippen LogP contribution in [0.4, 0.5) is 0 Å². The first-order chi connectivity index (χ1) is 7.75. The number of benzene rings is 1. The Hall–Kier alpha value is -0.940. The number of rotatable bonds is 4. The molecule has 17 heavy (non-hydrogen) atoms. The van der Waals surface area contributed by atoms with Crippen LogP contribution in [-0.4, -0.2) is 0 Å². The standard InChI is InChI=1S/C13H12ClNO.HI/c1-10(11-4-6-12(14)7-5-11)15-9-13-3-2-8-16-13;/h2-8,15H,1,9H2;1H. The summed E-state index contributed by atoms with van der Waals surface area (Å²) in [6.07, 6.45) is 1.65. The Balaban J connectivity index is 0.00000144. The third kappa shape index (κ3) is 4.09. The van der Waals surface area contributed by atoms with Crippen molar-refractivity contribution in [2.45, 2.75) is 6.54 Å². The van der Waals surface area contributed by atoms with Crippen LogP contribution in [0.5, 0.6) is 0 Å². The van der Waals surface area contributed by atoms with Crippen LogP contribution in [-0.2, 0) is 6.54 Å². The molecule has 0 aliphatic heterocycles. The maximum Gasteiger partial charge on any atom is 0.122 e. The van der Waals surface area contributed by atoms with E-state index in [2.05, 4.69) is 11.9 Å². The predicted octanol–water partition coefficient (Wildman–Crippen LogP) is 4.31. The zero-order chi connectivity index (χ0) is 11.4. The fourth-order valence-corrected chi connectivity index (χ4v) is 1.49. The SMILES string of the molecule is C=C(NCc1ccco1)c1ccc(Cl)cc1.I. The molecule has 2 nitrogen and oxygen atoms in total. The summed E-state index contributed by atoms with van der Waals surface area (Å²) in [4.78, 5) is 0. The van der Waals surface area contributed by atoms with Gasteiger partial charge < -0.3 is 9.73 Å². The molecule has 0 saturated carbocycles. The lowest BCUT2D eigenvalue weighted by Gasteiger charge is -2.08. The van der Waals surface area contributed by atoms with Crippen LogP contribution in [0.2, 0.25) is 5.02 Å². The molecule has 0 amide bonds. The van der Waals surface area contributed by atoms with Crippen molar-refractivity contribution in [1.29, 1.82) is 0 Å². The molecule has 1 aromatic carbocycles. The normalized spacial score (nSPS) is 9.47. The lowest BCUT2D eigenvalue weighted by molar-refractivity contribution is 0.501. The summed E-state index contributed by atoms with van der Waals surface area (Å²) in [6, 6.07) is 11.3. The monoisotopic (exact) mass is 361 g/mol. The largest absolute Gasteiger partial charge is 0.467 e. The summed E-state index contributed by atoms with van der Waals surface area (Å²) in [7, 11) is 0. The molecule has 90 valence electrons. The fraction of sp³-hybridized carbons (Fsp3) is 0.0769. The number of halogens is 2. The van der Waals surface area contributed by atoms with Crippen LogP contribution in [0.25, 0.3) is 5.70 Å². The molecule has 0 aliphatic carbocycles. The molecule has 0 aliphatic rings. The highest BCUT2D eigenvalue weighted by molar-refractivity contribution is 14.0. The van der Waals surface area contributed by atoms with Gasteiger partial charge in [0.2, 0.25) is 0 Å². The summed E-state index contributed by atoms with van der Waals surface area (Å²) in [5, 5.41) is 3.91. The van der Waals surface area contributed by atoms with Gasteiger partial charge in [0.15, 0.2) is 0 Å². The maximum absolute atomic E-state index is 5.81. The predicted molar refractivity (Wildman–Crippen MR) is 81.4 cm³/mol. The van der Waals surface area contributed by atoms with Crippen molar-refractivity contribution in [3.63, 3.8) is 0 Å². The van der Waals surface area contributed by atoms with Crippen molar-refractivity contribution < 1.29 is 4.42 Å². The van der Waals surface area contributed by atoms with Gasteiger partial charge in [-0.05, 0) is 29.8 Å². The van der Waals surface area contributed by atoms with Gasteiger partial charge in [-0.2, -0.15) is 0 Å². The smallest absolute Gasteiger partial charge is 0.122 e. The van der Waals surface area contributed by atoms with Crippen LogP contribution in [0.1, 0.15) is 11.3 Å². The molecule has 0 radical (unpaired) electrons. The van der Waals surface area contributed by atoms with E-state index in [0.717, 1.165) is 22.0 Å². The van der Waals surface area contributed by atoms with E-state index in [0.29, 0.717) is 6.54 Å². The first-order valence-corrected chi connectivity index (χ1v) is 5.34. The van der Waals surface area contributed by atoms with Crippen molar-refractivity contribution in [2.24, 2.45) is 0 Å². The second-order valence-corrected chi connectivity index (χ2v) is 3.85. The van der Waals surface area contributed by atoms with Gasteiger partial charge in [-0.15, -0.1) is 24.0 Å². The molecule has 0 atom stereocenters. The Morgan fingerprint density at radius 3 is 2.53 bits per heavy atom. The molecule has 1 heterocycles. The minimum Gasteiger partial charge on any atom is -0.467 e. The van der Waals surface area contributed by atoms with Crippen molar-refractivity contribution in [1.82, 2.24) is 5.32 Å². The van der Waals surface area contributed by atoms with Gasteiger partial charge in [0.05, 0.1) is 12.8 Å². The van der Waals surface area contributed by atoms with Gasteiger partial charge in [-0.1, -0.05) is 30.3 Å². The number of nitrogens with one attached hydrogen (secondary N) is 1. The van der Waals surface area contributed by atoms with Crippen LogP contribution in [0.15, 0.2) is 53.7 Å². The van der Waals surface area contributed by atoms with E-state index in [4.69, 9.17) is 16.0 Å². The maximum atomic E-state index is 5.81. The molecule has 0 saturated heterocycles. The topological polar surface area (TPSA) is 25.2 Å². The molecular weight excluding hydrogens is 349 g/mol. The quantitative estimate of drug-likeness (QED) is 0.821. The van der Waals surface area contributed by atoms with Crippen molar-refractivity contribution in [2.75, 3.05) is 0 Å². The molecule has 2 aromatic rings. The minimum atomic E-state index is 0. The molecule has 4 heteroatoms. The second kappa shape index (κ2) is 6.71. The summed E-state index contributed by atoms with van der Waals surface area (Å²) in [6.45, 7) is 4.59. The van der Waals surface area contributed by atoms with E-state index in [-0.39, 0.29) is 24.0 Å². The Kier molecular flexibility index (Phi) is 5.58. The molecule has 0 fully saturated rings. The lowest BCUT2D eigenvalue weighted by atomic mass is 10.2. The summed E-state index contributed by atoms with van der Waals surface area (Å²) < 4.78 is 5.21. The van der Waals surface area contributed by atoms with E-state index in [1.165, 1.54) is 0 Å². The third-order valence-electron chi connectivity index (χ3n) is 2.25. The molecule has 2 rings (SSSR count). The third-order valence-corrected chi connectivity index (χ3v) is 2.50. The molecule has 1 aromatic heterocycles. The van der Waals surface area contributed by atoms with Crippen LogP contribution in [0, 0.1) is 0 Å². The first-order valence-electron chi connectivity index (χ1n) is 4.97. The average Bonchev–Trinajstić information content (AvgIpc) is 2.80. The van der Waals surface area contributed by atoms with Gasteiger partial charge in [-0.3, -0.25) is 0 Å². The first kappa shape index (κ1) is 14.1. The highest BCUT2D eigenvalue weighted by atomic mass is 127. The Labute approximate surface area is 123 Å². The van der Waals surface area contributed by atoms with Crippen molar-refractivity contribution >= 4 is 41.3 Å². The van der Waals surface area contributed by atoms with Gasteiger partial charge in [0.1, 0.15) is 5.76 Å². The highest BCUT2D eigenvalue weighted by Gasteiger charge is 1.99. The Bertz CT molecular complexity index is 465. The van der Waals surface area contributed by atoms with E-state index in [9.17, 15) is 0 Å². The van der Waals surface area contributed by atoms with Crippen LogP contribution in [0.3, 0.4) is 0 Å². The second-order valence-electron chi connectivity index (χ2n) is 3.42. The van der Waals surface area contributed by atoms with Gasteiger partial charge in [-0.25, -0.2) is 0 Å². The molecule has 0 spiro atoms. The van der Waals surface area contributed by atoms with Crippen LogP contribution >= 0.6 is 35.6 Å². The summed E-state index contributed by atoms with van der Waals surface area (Å²) >= 11 is 5.81. The number of hydrogen-bond donors (Lipinski definition) is 1. The van der Waals surface area contributed by atoms with Crippen molar-refractivity contribution in [3.8, 4) is 0 Å². The molecule has 0 bridgehead atoms. The molecule has 1 N–H and O–H groups in total. The average molecular weight is 362 g/mol.